The van der Waals surface area contributed by atoms with Crippen LogP contribution < -0.4 is 5.32 Å². The summed E-state index contributed by atoms with van der Waals surface area (Å²) in [4.78, 5) is 24.3. The van der Waals surface area contributed by atoms with E-state index >= 15 is 0 Å². The number of carbonyl (C=O) groups is 1. The number of aromatic nitrogens is 4. The minimum absolute atomic E-state index is 0.106. The lowest BCUT2D eigenvalue weighted by Crippen LogP contribution is -2.41. The van der Waals surface area contributed by atoms with Gasteiger partial charge < -0.3 is 10.2 Å². The number of hydrogen-bond acceptors (Lipinski definition) is 5. The minimum Gasteiger partial charge on any atom is -0.350 e. The first-order valence-electron chi connectivity index (χ1n) is 10.9. The third-order valence-corrected chi connectivity index (χ3v) is 5.83. The second kappa shape index (κ2) is 9.70. The van der Waals surface area contributed by atoms with Crippen LogP contribution in [0, 0.1) is 0 Å². The van der Waals surface area contributed by atoms with E-state index in [9.17, 15) is 4.79 Å². The minimum atomic E-state index is -0.106. The van der Waals surface area contributed by atoms with Crippen LogP contribution in [0.2, 0.25) is 0 Å². The van der Waals surface area contributed by atoms with Gasteiger partial charge in [-0.15, -0.1) is 0 Å². The van der Waals surface area contributed by atoms with E-state index in [4.69, 9.17) is 4.98 Å². The van der Waals surface area contributed by atoms with Crippen LogP contribution in [0.5, 0.6) is 0 Å². The monoisotopic (exact) mass is 428 g/mol. The molecular formula is C25H28N6O. The summed E-state index contributed by atoms with van der Waals surface area (Å²) in [7, 11) is 2.08. The topological polar surface area (TPSA) is 75.4 Å². The predicted molar refractivity (Wildman–Crippen MR) is 126 cm³/mol. The molecule has 32 heavy (non-hydrogen) atoms. The lowest BCUT2D eigenvalue weighted by Gasteiger charge is -2.25. The van der Waals surface area contributed by atoms with Crippen LogP contribution in [-0.2, 0) is 0 Å². The number of nitrogens with zero attached hydrogens (tertiary/aromatic N) is 5. The zero-order valence-corrected chi connectivity index (χ0v) is 18.7. The Kier molecular flexibility index (Phi) is 6.56. The lowest BCUT2D eigenvalue weighted by molar-refractivity contribution is 0.0938. The summed E-state index contributed by atoms with van der Waals surface area (Å²) in [6.45, 7) is 5.80. The van der Waals surface area contributed by atoms with Crippen molar-refractivity contribution in [2.45, 2.75) is 26.3 Å². The highest BCUT2D eigenvalue weighted by molar-refractivity contribution is 5.95. The van der Waals surface area contributed by atoms with Gasteiger partial charge in [0.05, 0.1) is 23.1 Å². The highest BCUT2D eigenvalue weighted by Crippen LogP contribution is 2.25. The van der Waals surface area contributed by atoms with Crippen LogP contribution in [0.25, 0.3) is 28.2 Å². The van der Waals surface area contributed by atoms with E-state index in [0.717, 1.165) is 29.8 Å². The van der Waals surface area contributed by atoms with Crippen LogP contribution in [0.4, 0.5) is 0 Å². The van der Waals surface area contributed by atoms with Crippen LogP contribution in [0.15, 0.2) is 67.1 Å². The molecule has 3 heterocycles. The maximum absolute atomic E-state index is 12.8. The molecule has 7 nitrogen and oxygen atoms in total. The molecule has 4 rings (SSSR count). The molecule has 0 fully saturated rings. The fraction of sp³-hybridized carbons (Fsp3) is 0.280. The van der Waals surface area contributed by atoms with Gasteiger partial charge in [-0.25, -0.2) is 9.50 Å². The number of likely N-dealkylation sites (N-methyl/N-ethyl adjacent to an activating group) is 1. The van der Waals surface area contributed by atoms with Crippen LogP contribution in [0.3, 0.4) is 0 Å². The van der Waals surface area contributed by atoms with Crippen molar-refractivity contribution in [2.75, 3.05) is 20.1 Å². The molecular weight excluding hydrogens is 400 g/mol. The molecule has 1 aromatic carbocycles. The number of pyridine rings is 1. The Hall–Kier alpha value is -3.58. The summed E-state index contributed by atoms with van der Waals surface area (Å²) >= 11 is 0. The van der Waals surface area contributed by atoms with Gasteiger partial charge in [-0.05, 0) is 38.2 Å². The van der Waals surface area contributed by atoms with Crippen molar-refractivity contribution in [3.8, 4) is 22.5 Å². The van der Waals surface area contributed by atoms with Gasteiger partial charge in [0.1, 0.15) is 0 Å². The van der Waals surface area contributed by atoms with E-state index in [1.165, 1.54) is 0 Å². The SMILES string of the molecule is CCC(CNC(=O)c1ccnc(-c2cnn3ccc(-c4ccccc4)nc23)c1)N(C)CC. The van der Waals surface area contributed by atoms with E-state index in [2.05, 4.69) is 41.2 Å². The number of rotatable bonds is 8. The molecule has 0 aliphatic rings. The molecule has 1 unspecified atom stereocenters. The Morgan fingerprint density at radius 3 is 2.69 bits per heavy atom. The molecule has 1 N–H and O–H groups in total. The van der Waals surface area contributed by atoms with Crippen molar-refractivity contribution < 1.29 is 4.79 Å². The van der Waals surface area contributed by atoms with Gasteiger partial charge in [0.25, 0.3) is 5.91 Å². The number of hydrogen-bond donors (Lipinski definition) is 1. The molecule has 3 aromatic heterocycles. The van der Waals surface area contributed by atoms with E-state index < -0.39 is 0 Å². The Balaban J connectivity index is 1.60. The zero-order chi connectivity index (χ0) is 22.5. The van der Waals surface area contributed by atoms with Gasteiger partial charge in [-0.2, -0.15) is 5.10 Å². The Labute approximate surface area is 188 Å². The van der Waals surface area contributed by atoms with Crippen LogP contribution in [-0.4, -0.2) is 56.6 Å². The highest BCUT2D eigenvalue weighted by atomic mass is 16.1. The Morgan fingerprint density at radius 1 is 1.12 bits per heavy atom. The first-order chi connectivity index (χ1) is 15.6. The van der Waals surface area contributed by atoms with Crippen molar-refractivity contribution >= 4 is 11.6 Å². The van der Waals surface area contributed by atoms with Crippen molar-refractivity contribution in [3.63, 3.8) is 0 Å². The molecule has 0 saturated heterocycles. The predicted octanol–water partition coefficient (Wildman–Crippen LogP) is 3.92. The molecule has 7 heteroatoms. The van der Waals surface area contributed by atoms with Crippen molar-refractivity contribution in [1.29, 1.82) is 0 Å². The normalized spacial score (nSPS) is 12.2. The molecule has 0 spiro atoms. The third kappa shape index (κ3) is 4.53. The van der Waals surface area contributed by atoms with Gasteiger partial charge in [0.2, 0.25) is 0 Å². The van der Waals surface area contributed by atoms with Gasteiger partial charge in [-0.3, -0.25) is 9.78 Å². The molecule has 1 amide bonds. The van der Waals surface area contributed by atoms with Gasteiger partial charge in [0, 0.05) is 36.1 Å². The third-order valence-electron chi connectivity index (χ3n) is 5.83. The van der Waals surface area contributed by atoms with Crippen LogP contribution in [0.1, 0.15) is 30.6 Å². The van der Waals surface area contributed by atoms with E-state index in [1.54, 1.807) is 29.0 Å². The fourth-order valence-electron chi connectivity index (χ4n) is 3.72. The maximum atomic E-state index is 12.8. The quantitative estimate of drug-likeness (QED) is 0.460. The van der Waals surface area contributed by atoms with Crippen LogP contribution >= 0.6 is 0 Å². The van der Waals surface area contributed by atoms with E-state index in [-0.39, 0.29) is 5.91 Å². The standard InChI is InChI=1S/C25H28N6O/c1-4-20(30(3)5-2)16-27-25(32)19-11-13-26-23(15-19)21-17-28-31-14-12-22(29-24(21)31)18-9-7-6-8-10-18/h6-15,17,20H,4-5,16H2,1-3H3,(H,27,32). The first kappa shape index (κ1) is 21.6. The second-order valence-electron chi connectivity index (χ2n) is 7.78. The maximum Gasteiger partial charge on any atom is 0.251 e. The number of nitrogens with one attached hydrogen (secondary N) is 1. The summed E-state index contributed by atoms with van der Waals surface area (Å²) < 4.78 is 1.72. The largest absolute Gasteiger partial charge is 0.350 e. The molecule has 0 aliphatic carbocycles. The van der Waals surface area contributed by atoms with Gasteiger partial charge in [0.15, 0.2) is 5.65 Å². The Bertz CT molecular complexity index is 1200. The van der Waals surface area contributed by atoms with Crippen molar-refractivity contribution in [1.82, 2.24) is 29.8 Å². The van der Waals surface area contributed by atoms with E-state index in [1.807, 2.05) is 42.6 Å². The summed E-state index contributed by atoms with van der Waals surface area (Å²) in [5.41, 5.74) is 4.62. The molecule has 1 atom stereocenters. The smallest absolute Gasteiger partial charge is 0.251 e. The average Bonchev–Trinajstić information content (AvgIpc) is 3.28. The number of benzene rings is 1. The summed E-state index contributed by atoms with van der Waals surface area (Å²) in [6, 6.07) is 15.8. The molecule has 164 valence electrons. The Morgan fingerprint density at radius 2 is 1.94 bits per heavy atom. The zero-order valence-electron chi connectivity index (χ0n) is 18.7. The summed E-state index contributed by atoms with van der Waals surface area (Å²) in [5, 5.41) is 7.47. The first-order valence-corrected chi connectivity index (χ1v) is 10.9. The molecule has 0 radical (unpaired) electrons. The number of amides is 1. The molecule has 0 saturated carbocycles. The summed E-state index contributed by atoms with van der Waals surface area (Å²) in [5.74, 6) is -0.106. The molecule has 0 bridgehead atoms. The average molecular weight is 429 g/mol. The second-order valence-corrected chi connectivity index (χ2v) is 7.78. The van der Waals surface area contributed by atoms with Gasteiger partial charge >= 0.3 is 0 Å². The van der Waals surface area contributed by atoms with Crippen molar-refractivity contribution in [2.24, 2.45) is 0 Å². The lowest BCUT2D eigenvalue weighted by atomic mass is 10.1. The number of carbonyl (C=O) groups excluding carboxylic acids is 1. The highest BCUT2D eigenvalue weighted by Gasteiger charge is 2.16. The number of fused-ring (bicyclic) bond motifs is 1. The van der Waals surface area contributed by atoms with Crippen molar-refractivity contribution in [3.05, 3.63) is 72.7 Å². The fourth-order valence-corrected chi connectivity index (χ4v) is 3.72. The summed E-state index contributed by atoms with van der Waals surface area (Å²) in [6.07, 6.45) is 6.26. The molecule has 4 aromatic rings. The molecule has 0 aliphatic heterocycles. The van der Waals surface area contributed by atoms with E-state index in [0.29, 0.717) is 29.5 Å². The van der Waals surface area contributed by atoms with Gasteiger partial charge in [-0.1, -0.05) is 44.2 Å².